The number of methoxy groups -OCH3 is 1. The van der Waals surface area contributed by atoms with E-state index >= 15 is 0 Å². The highest BCUT2D eigenvalue weighted by atomic mass is 35.5. The van der Waals surface area contributed by atoms with Crippen molar-refractivity contribution in [3.63, 3.8) is 0 Å². The maximum atomic E-state index is 6.42. The monoisotopic (exact) mass is 301 g/mol. The molecule has 0 heterocycles. The predicted octanol–water partition coefficient (Wildman–Crippen LogP) is 4.84. The van der Waals surface area contributed by atoms with E-state index in [1.807, 2.05) is 19.2 Å². The van der Waals surface area contributed by atoms with Crippen LogP contribution in [-0.2, 0) is 0 Å². The third kappa shape index (κ3) is 2.86. The average Bonchev–Trinajstić information content (AvgIpc) is 2.81. The van der Waals surface area contributed by atoms with Gasteiger partial charge >= 0.3 is 0 Å². The van der Waals surface area contributed by atoms with Crippen LogP contribution in [0.5, 0.6) is 5.75 Å². The Kier molecular flexibility index (Phi) is 4.65. The van der Waals surface area contributed by atoms with Crippen molar-refractivity contribution in [2.24, 2.45) is 5.41 Å². The molecule has 0 aliphatic heterocycles. The summed E-state index contributed by atoms with van der Waals surface area (Å²) in [6.07, 6.45) is 5.02. The van der Waals surface area contributed by atoms with Gasteiger partial charge in [0.2, 0.25) is 0 Å². The molecule has 19 heavy (non-hydrogen) atoms. The van der Waals surface area contributed by atoms with E-state index in [1.165, 1.54) is 25.7 Å². The molecule has 2 nitrogen and oxygen atoms in total. The lowest BCUT2D eigenvalue weighted by Crippen LogP contribution is -2.32. The molecule has 1 unspecified atom stereocenters. The number of hydrogen-bond acceptors (Lipinski definition) is 2. The minimum Gasteiger partial charge on any atom is -0.495 e. The maximum Gasteiger partial charge on any atom is 0.138 e. The fourth-order valence-electron chi connectivity index (χ4n) is 3.27. The molecule has 2 rings (SSSR count). The second-order valence-corrected chi connectivity index (χ2v) is 6.41. The zero-order valence-corrected chi connectivity index (χ0v) is 13.2. The van der Waals surface area contributed by atoms with Crippen molar-refractivity contribution in [2.45, 2.75) is 38.6 Å². The molecule has 1 atom stereocenters. The lowest BCUT2D eigenvalue weighted by atomic mass is 9.77. The normalized spacial score (nSPS) is 19.4. The van der Waals surface area contributed by atoms with Gasteiger partial charge in [-0.3, -0.25) is 0 Å². The first kappa shape index (κ1) is 15.0. The van der Waals surface area contributed by atoms with Gasteiger partial charge < -0.3 is 10.1 Å². The zero-order chi connectivity index (χ0) is 14.0. The van der Waals surface area contributed by atoms with E-state index in [1.54, 1.807) is 7.11 Å². The first-order valence-electron chi connectivity index (χ1n) is 6.72. The Morgan fingerprint density at radius 1 is 1.21 bits per heavy atom. The van der Waals surface area contributed by atoms with Gasteiger partial charge in [0.05, 0.1) is 12.1 Å². The van der Waals surface area contributed by atoms with E-state index in [9.17, 15) is 0 Å². The molecule has 1 N–H and O–H groups in total. The van der Waals surface area contributed by atoms with E-state index < -0.39 is 0 Å². The summed E-state index contributed by atoms with van der Waals surface area (Å²) in [5.41, 5.74) is 1.32. The third-order valence-corrected chi connectivity index (χ3v) is 4.94. The Morgan fingerprint density at radius 2 is 1.84 bits per heavy atom. The van der Waals surface area contributed by atoms with Crippen LogP contribution in [0.2, 0.25) is 10.0 Å². The number of ether oxygens (including phenoxy) is 1. The van der Waals surface area contributed by atoms with Crippen molar-refractivity contribution in [3.05, 3.63) is 27.7 Å². The Hall–Kier alpha value is -0.440. The molecule has 0 aromatic heterocycles. The van der Waals surface area contributed by atoms with Gasteiger partial charge in [-0.05, 0) is 36.9 Å². The van der Waals surface area contributed by atoms with E-state index in [-0.39, 0.29) is 11.5 Å². The second kappa shape index (κ2) is 5.90. The molecular formula is C15H21Cl2NO. The Bertz CT molecular complexity index is 456. The lowest BCUT2D eigenvalue weighted by molar-refractivity contribution is 0.233. The molecular weight excluding hydrogens is 281 g/mol. The fourth-order valence-corrected chi connectivity index (χ4v) is 3.78. The van der Waals surface area contributed by atoms with Gasteiger partial charge in [-0.25, -0.2) is 0 Å². The van der Waals surface area contributed by atoms with Gasteiger partial charge in [0.15, 0.2) is 0 Å². The first-order valence-corrected chi connectivity index (χ1v) is 7.47. The third-order valence-electron chi connectivity index (χ3n) is 4.31. The SMILES string of the molecule is CNC(c1cc(Cl)c(OC)cc1Cl)C1(C)CCCC1. The van der Waals surface area contributed by atoms with Crippen molar-refractivity contribution < 1.29 is 4.74 Å². The van der Waals surface area contributed by atoms with Crippen molar-refractivity contribution in [2.75, 3.05) is 14.2 Å². The second-order valence-electron chi connectivity index (χ2n) is 5.59. The average molecular weight is 302 g/mol. The minimum atomic E-state index is 0.228. The number of rotatable bonds is 4. The van der Waals surface area contributed by atoms with Gasteiger partial charge in [-0.1, -0.05) is 43.0 Å². The molecule has 1 aliphatic rings. The summed E-state index contributed by atoms with van der Waals surface area (Å²) in [7, 11) is 3.59. The molecule has 0 amide bonds. The highest BCUT2D eigenvalue weighted by Crippen LogP contribution is 2.49. The van der Waals surface area contributed by atoms with Crippen LogP contribution in [0.1, 0.15) is 44.2 Å². The van der Waals surface area contributed by atoms with Crippen molar-refractivity contribution in [1.82, 2.24) is 5.32 Å². The number of halogens is 2. The summed E-state index contributed by atoms with van der Waals surface area (Å²) in [6, 6.07) is 3.97. The molecule has 0 saturated heterocycles. The molecule has 0 bridgehead atoms. The summed E-state index contributed by atoms with van der Waals surface area (Å²) in [5, 5.41) is 4.75. The van der Waals surface area contributed by atoms with E-state index in [4.69, 9.17) is 27.9 Å². The molecule has 0 radical (unpaired) electrons. The van der Waals surface area contributed by atoms with E-state index in [2.05, 4.69) is 12.2 Å². The number of benzene rings is 1. The summed E-state index contributed by atoms with van der Waals surface area (Å²) in [5.74, 6) is 0.627. The minimum absolute atomic E-state index is 0.228. The molecule has 1 fully saturated rings. The topological polar surface area (TPSA) is 21.3 Å². The molecule has 106 valence electrons. The Balaban J connectivity index is 2.41. The van der Waals surface area contributed by atoms with Crippen LogP contribution in [0, 0.1) is 5.41 Å². The standard InChI is InChI=1S/C15H21Cl2NO/c1-15(6-4-5-7-15)14(18-2)10-8-12(17)13(19-3)9-11(10)16/h8-9,14,18H,4-7H2,1-3H3. The lowest BCUT2D eigenvalue weighted by Gasteiger charge is -2.35. The molecule has 1 aromatic rings. The zero-order valence-electron chi connectivity index (χ0n) is 11.7. The summed E-state index contributed by atoms with van der Waals surface area (Å²) in [4.78, 5) is 0. The summed E-state index contributed by atoms with van der Waals surface area (Å²) in [6.45, 7) is 2.33. The van der Waals surface area contributed by atoms with Gasteiger partial charge in [0, 0.05) is 17.1 Å². The number of nitrogens with one attached hydrogen (secondary N) is 1. The van der Waals surface area contributed by atoms with Gasteiger partial charge in [-0.15, -0.1) is 0 Å². The summed E-state index contributed by atoms with van der Waals surface area (Å²) < 4.78 is 5.21. The Morgan fingerprint density at radius 3 is 2.37 bits per heavy atom. The summed E-state index contributed by atoms with van der Waals surface area (Å²) >= 11 is 12.7. The van der Waals surface area contributed by atoms with Crippen LogP contribution in [-0.4, -0.2) is 14.2 Å². The predicted molar refractivity (Wildman–Crippen MR) is 81.4 cm³/mol. The molecule has 1 saturated carbocycles. The molecule has 0 spiro atoms. The molecule has 1 aromatic carbocycles. The van der Waals surface area contributed by atoms with Crippen LogP contribution >= 0.6 is 23.2 Å². The maximum absolute atomic E-state index is 6.42. The quantitative estimate of drug-likeness (QED) is 0.859. The van der Waals surface area contributed by atoms with Crippen molar-refractivity contribution in [1.29, 1.82) is 0 Å². The molecule has 4 heteroatoms. The van der Waals surface area contributed by atoms with Gasteiger partial charge in [-0.2, -0.15) is 0 Å². The van der Waals surface area contributed by atoms with Crippen molar-refractivity contribution >= 4 is 23.2 Å². The van der Waals surface area contributed by atoms with Crippen LogP contribution in [0.4, 0.5) is 0 Å². The Labute approximate surface area is 125 Å². The highest BCUT2D eigenvalue weighted by Gasteiger charge is 2.38. The van der Waals surface area contributed by atoms with Crippen LogP contribution < -0.4 is 10.1 Å². The largest absolute Gasteiger partial charge is 0.495 e. The fraction of sp³-hybridized carbons (Fsp3) is 0.600. The van der Waals surface area contributed by atoms with Crippen LogP contribution in [0.25, 0.3) is 0 Å². The van der Waals surface area contributed by atoms with Crippen LogP contribution in [0.15, 0.2) is 12.1 Å². The highest BCUT2D eigenvalue weighted by molar-refractivity contribution is 6.34. The van der Waals surface area contributed by atoms with Crippen LogP contribution in [0.3, 0.4) is 0 Å². The van der Waals surface area contributed by atoms with E-state index in [0.29, 0.717) is 15.8 Å². The molecule has 1 aliphatic carbocycles. The van der Waals surface area contributed by atoms with Gasteiger partial charge in [0.1, 0.15) is 5.75 Å². The van der Waals surface area contributed by atoms with E-state index in [0.717, 1.165) is 5.56 Å². The van der Waals surface area contributed by atoms with Gasteiger partial charge in [0.25, 0.3) is 0 Å². The van der Waals surface area contributed by atoms with Crippen molar-refractivity contribution in [3.8, 4) is 5.75 Å². The smallest absolute Gasteiger partial charge is 0.138 e. The first-order chi connectivity index (χ1) is 9.01. The number of hydrogen-bond donors (Lipinski definition) is 1.